The number of hydrogen-bond acceptors (Lipinski definition) is 3. The second kappa shape index (κ2) is 6.36. The lowest BCUT2D eigenvalue weighted by atomic mass is 9.89. The maximum atomic E-state index is 12.1. The minimum absolute atomic E-state index is 0.0170. The summed E-state index contributed by atoms with van der Waals surface area (Å²) in [5, 5.41) is 3.04. The molecule has 2 atom stereocenters. The van der Waals surface area contributed by atoms with E-state index >= 15 is 0 Å². The van der Waals surface area contributed by atoms with Crippen molar-refractivity contribution in [3.63, 3.8) is 0 Å². The topological polar surface area (TPSA) is 64.4 Å². The Balaban J connectivity index is 2.42. The van der Waals surface area contributed by atoms with Crippen molar-refractivity contribution < 1.29 is 9.53 Å². The number of carbonyl (C=O) groups is 1. The summed E-state index contributed by atoms with van der Waals surface area (Å²) in [7, 11) is 0. The predicted molar refractivity (Wildman–Crippen MR) is 68.6 cm³/mol. The molecule has 1 aliphatic heterocycles. The van der Waals surface area contributed by atoms with Crippen molar-refractivity contribution in [2.75, 3.05) is 13.2 Å². The maximum Gasteiger partial charge on any atom is 0.240 e. The highest BCUT2D eigenvalue weighted by Gasteiger charge is 2.36. The fraction of sp³-hybridized carbons (Fsp3) is 0.923. The lowest BCUT2D eigenvalue weighted by Gasteiger charge is -2.33. The van der Waals surface area contributed by atoms with Crippen LogP contribution in [0.3, 0.4) is 0 Å². The van der Waals surface area contributed by atoms with Gasteiger partial charge < -0.3 is 15.8 Å². The van der Waals surface area contributed by atoms with E-state index in [1.807, 2.05) is 6.92 Å². The highest BCUT2D eigenvalue weighted by atomic mass is 16.5. The zero-order valence-corrected chi connectivity index (χ0v) is 11.3. The summed E-state index contributed by atoms with van der Waals surface area (Å²) in [6.45, 7) is 7.59. The Bertz CT molecular complexity index is 250. The van der Waals surface area contributed by atoms with Crippen LogP contribution in [-0.4, -0.2) is 30.7 Å². The van der Waals surface area contributed by atoms with E-state index in [0.717, 1.165) is 12.8 Å². The molecule has 0 saturated carbocycles. The first-order valence-electron chi connectivity index (χ1n) is 6.65. The molecule has 0 aliphatic carbocycles. The average Bonchev–Trinajstić information content (AvgIpc) is 2.29. The monoisotopic (exact) mass is 242 g/mol. The number of nitrogens with two attached hydrogens (primary N) is 1. The Hall–Kier alpha value is -0.610. The van der Waals surface area contributed by atoms with Gasteiger partial charge in [-0.05, 0) is 32.1 Å². The molecule has 17 heavy (non-hydrogen) atoms. The Morgan fingerprint density at radius 1 is 1.41 bits per heavy atom. The van der Waals surface area contributed by atoms with Crippen molar-refractivity contribution in [1.82, 2.24) is 5.32 Å². The summed E-state index contributed by atoms with van der Waals surface area (Å²) >= 11 is 0. The average molecular weight is 242 g/mol. The highest BCUT2D eigenvalue weighted by molar-refractivity contribution is 5.86. The number of nitrogens with one attached hydrogen (secondary N) is 1. The van der Waals surface area contributed by atoms with Crippen LogP contribution >= 0.6 is 0 Å². The first kappa shape index (κ1) is 14.5. The molecule has 0 aromatic rings. The number of rotatable bonds is 5. The van der Waals surface area contributed by atoms with Gasteiger partial charge in [-0.3, -0.25) is 4.79 Å². The molecule has 1 heterocycles. The van der Waals surface area contributed by atoms with Gasteiger partial charge in [-0.1, -0.05) is 20.3 Å². The normalized spacial score (nSPS) is 22.8. The molecule has 0 aromatic carbocycles. The quantitative estimate of drug-likeness (QED) is 0.766. The summed E-state index contributed by atoms with van der Waals surface area (Å²) < 4.78 is 5.24. The molecule has 4 nitrogen and oxygen atoms in total. The fourth-order valence-corrected chi connectivity index (χ4v) is 2.16. The van der Waals surface area contributed by atoms with Gasteiger partial charge >= 0.3 is 0 Å². The van der Waals surface area contributed by atoms with E-state index in [4.69, 9.17) is 10.5 Å². The second-order valence-electron chi connectivity index (χ2n) is 5.39. The van der Waals surface area contributed by atoms with Crippen LogP contribution in [0, 0.1) is 5.92 Å². The van der Waals surface area contributed by atoms with Crippen LogP contribution in [0.2, 0.25) is 0 Å². The van der Waals surface area contributed by atoms with Crippen molar-refractivity contribution in [3.05, 3.63) is 0 Å². The highest BCUT2D eigenvalue weighted by Crippen LogP contribution is 2.18. The largest absolute Gasteiger partial charge is 0.381 e. The van der Waals surface area contributed by atoms with Crippen LogP contribution in [0.25, 0.3) is 0 Å². The van der Waals surface area contributed by atoms with Gasteiger partial charge in [0.05, 0.1) is 5.54 Å². The number of hydrogen-bond donors (Lipinski definition) is 2. The summed E-state index contributed by atoms with van der Waals surface area (Å²) in [6, 6.07) is 0.195. The van der Waals surface area contributed by atoms with E-state index in [1.165, 1.54) is 0 Å². The van der Waals surface area contributed by atoms with Crippen molar-refractivity contribution in [2.24, 2.45) is 11.7 Å². The summed E-state index contributed by atoms with van der Waals surface area (Å²) in [4.78, 5) is 12.1. The van der Waals surface area contributed by atoms with Gasteiger partial charge in [-0.25, -0.2) is 0 Å². The van der Waals surface area contributed by atoms with Gasteiger partial charge in [0.15, 0.2) is 0 Å². The van der Waals surface area contributed by atoms with Crippen LogP contribution in [0.1, 0.15) is 46.5 Å². The van der Waals surface area contributed by atoms with Crippen molar-refractivity contribution in [1.29, 1.82) is 0 Å². The van der Waals surface area contributed by atoms with E-state index in [1.54, 1.807) is 0 Å². The van der Waals surface area contributed by atoms with E-state index in [9.17, 15) is 4.79 Å². The molecule has 2 unspecified atom stereocenters. The van der Waals surface area contributed by atoms with E-state index in [0.29, 0.717) is 32.0 Å². The summed E-state index contributed by atoms with van der Waals surface area (Å²) in [6.07, 6.45) is 3.39. The zero-order chi connectivity index (χ0) is 12.9. The van der Waals surface area contributed by atoms with Crippen LogP contribution in [0.4, 0.5) is 0 Å². The minimum Gasteiger partial charge on any atom is -0.381 e. The number of ether oxygens (including phenoxy) is 1. The SMILES string of the molecule is CCC(C)CC(C)NC(=O)C1(N)CCOCC1. The third-order valence-electron chi connectivity index (χ3n) is 3.67. The lowest BCUT2D eigenvalue weighted by molar-refractivity contribution is -0.130. The summed E-state index contributed by atoms with van der Waals surface area (Å²) in [5.41, 5.74) is 5.40. The number of carbonyl (C=O) groups excluding carboxylic acids is 1. The zero-order valence-electron chi connectivity index (χ0n) is 11.3. The lowest BCUT2D eigenvalue weighted by Crippen LogP contribution is -2.58. The molecule has 0 radical (unpaired) electrons. The van der Waals surface area contributed by atoms with Crippen molar-refractivity contribution >= 4 is 5.91 Å². The van der Waals surface area contributed by atoms with E-state index in [-0.39, 0.29) is 11.9 Å². The molecule has 3 N–H and O–H groups in total. The van der Waals surface area contributed by atoms with Gasteiger partial charge in [-0.2, -0.15) is 0 Å². The van der Waals surface area contributed by atoms with Crippen LogP contribution < -0.4 is 11.1 Å². The number of amides is 1. The first-order chi connectivity index (χ1) is 7.98. The Kier molecular flexibility index (Phi) is 5.40. The van der Waals surface area contributed by atoms with Crippen LogP contribution in [-0.2, 0) is 9.53 Å². The predicted octanol–water partition coefficient (Wildman–Crippen LogP) is 1.44. The van der Waals surface area contributed by atoms with Crippen molar-refractivity contribution in [3.8, 4) is 0 Å². The third-order valence-corrected chi connectivity index (χ3v) is 3.67. The van der Waals surface area contributed by atoms with E-state index in [2.05, 4.69) is 19.2 Å². The van der Waals surface area contributed by atoms with Gasteiger partial charge in [0.25, 0.3) is 0 Å². The maximum absolute atomic E-state index is 12.1. The molecule has 1 fully saturated rings. The molecule has 4 heteroatoms. The molecule has 0 spiro atoms. The van der Waals surface area contributed by atoms with Crippen LogP contribution in [0.15, 0.2) is 0 Å². The smallest absolute Gasteiger partial charge is 0.240 e. The molecule has 1 saturated heterocycles. The summed E-state index contributed by atoms with van der Waals surface area (Å²) in [5.74, 6) is 0.616. The molecule has 100 valence electrons. The standard InChI is InChI=1S/C13H26N2O2/c1-4-10(2)9-11(3)15-12(16)13(14)5-7-17-8-6-13/h10-11H,4-9,14H2,1-3H3,(H,15,16). The third kappa shape index (κ3) is 4.28. The Morgan fingerprint density at radius 3 is 2.53 bits per heavy atom. The van der Waals surface area contributed by atoms with Gasteiger partial charge in [0.1, 0.15) is 0 Å². The molecular weight excluding hydrogens is 216 g/mol. The second-order valence-corrected chi connectivity index (χ2v) is 5.39. The van der Waals surface area contributed by atoms with Crippen molar-refractivity contribution in [2.45, 2.75) is 58.0 Å². The van der Waals surface area contributed by atoms with E-state index < -0.39 is 5.54 Å². The van der Waals surface area contributed by atoms with Gasteiger partial charge in [0, 0.05) is 19.3 Å². The van der Waals surface area contributed by atoms with Crippen LogP contribution in [0.5, 0.6) is 0 Å². The van der Waals surface area contributed by atoms with Gasteiger partial charge in [-0.15, -0.1) is 0 Å². The first-order valence-corrected chi connectivity index (χ1v) is 6.65. The molecule has 1 amide bonds. The minimum atomic E-state index is -0.720. The molecule has 0 bridgehead atoms. The Labute approximate surface area is 104 Å². The molecule has 1 rings (SSSR count). The molecule has 0 aromatic heterocycles. The fourth-order valence-electron chi connectivity index (χ4n) is 2.16. The Morgan fingerprint density at radius 2 is 2.00 bits per heavy atom. The van der Waals surface area contributed by atoms with Gasteiger partial charge in [0.2, 0.25) is 5.91 Å². The molecule has 1 aliphatic rings. The molecular formula is C13H26N2O2.